The molecule has 0 radical (unpaired) electrons. The van der Waals surface area contributed by atoms with Crippen molar-refractivity contribution in [3.8, 4) is 0 Å². The number of cyclic esters (lactones) is 2. The zero-order chi connectivity index (χ0) is 22.1. The van der Waals surface area contributed by atoms with E-state index in [0.717, 1.165) is 24.5 Å². The van der Waals surface area contributed by atoms with E-state index < -0.39 is 28.3 Å². The molecule has 0 amide bonds. The molecule has 0 bridgehead atoms. The van der Waals surface area contributed by atoms with E-state index in [1.165, 1.54) is 19.9 Å². The number of esters is 2. The van der Waals surface area contributed by atoms with Crippen LogP contribution in [0.25, 0.3) is 0 Å². The number of allylic oxidation sites excluding steroid dienone is 2. The fraction of sp³-hybridized carbons (Fsp3) is 0.632. The molecule has 0 aromatic heterocycles. The maximum Gasteiger partial charge on any atom is 0.348 e. The lowest BCUT2D eigenvalue weighted by Gasteiger charge is -2.39. The van der Waals surface area contributed by atoms with Gasteiger partial charge in [-0.15, -0.1) is 0 Å². The van der Waals surface area contributed by atoms with Gasteiger partial charge in [-0.25, -0.2) is 13.2 Å². The molecular formula is C19H33NO6S3. The van der Waals surface area contributed by atoms with Crippen LogP contribution < -0.4 is 0 Å². The van der Waals surface area contributed by atoms with E-state index in [9.17, 15) is 9.59 Å². The number of hydrogen-bond acceptors (Lipinski definition) is 8. The average molecular weight is 468 g/mol. The monoisotopic (exact) mass is 467 g/mol. The minimum atomic E-state index is -1.66. The predicted octanol–water partition coefficient (Wildman–Crippen LogP) is 3.45. The summed E-state index contributed by atoms with van der Waals surface area (Å²) in [4.78, 5) is 25.8. The Bertz CT molecular complexity index is 642. The molecule has 0 N–H and O–H groups in total. The zero-order valence-electron chi connectivity index (χ0n) is 17.8. The van der Waals surface area contributed by atoms with Gasteiger partial charge in [0.2, 0.25) is 0 Å². The highest BCUT2D eigenvalue weighted by Crippen LogP contribution is 2.51. The lowest BCUT2D eigenvalue weighted by molar-refractivity contribution is -0.222. The molecule has 1 saturated heterocycles. The normalized spacial score (nSPS) is 20.6. The Morgan fingerprint density at radius 3 is 2.48 bits per heavy atom. The Morgan fingerprint density at radius 2 is 1.93 bits per heavy atom. The molecule has 0 spiro atoms. The highest BCUT2D eigenvalue weighted by atomic mass is 32.3. The summed E-state index contributed by atoms with van der Waals surface area (Å²) in [6.07, 6.45) is 7.68. The fourth-order valence-electron chi connectivity index (χ4n) is 2.31. The topological polar surface area (TPSA) is 74.3 Å². The first kappa shape index (κ1) is 26.1. The highest BCUT2D eigenvalue weighted by molar-refractivity contribution is 8.32. The SMILES string of the molecule is C=S(CC)OS(C)(CCCN(C)/C=C/C=C1C(=O)OC(C)(C)OC1=O)OCCS. The van der Waals surface area contributed by atoms with Gasteiger partial charge in [-0.05, 0) is 41.4 Å². The summed E-state index contributed by atoms with van der Waals surface area (Å²) in [6.45, 7) is 6.37. The van der Waals surface area contributed by atoms with Crippen LogP contribution in [0.4, 0.5) is 0 Å². The van der Waals surface area contributed by atoms with Gasteiger partial charge in [-0.2, -0.15) is 23.2 Å². The Balaban J connectivity index is 2.56. The van der Waals surface area contributed by atoms with E-state index >= 15 is 0 Å². The smallest absolute Gasteiger partial charge is 0.348 e. The molecule has 7 nitrogen and oxygen atoms in total. The largest absolute Gasteiger partial charge is 0.419 e. The summed E-state index contributed by atoms with van der Waals surface area (Å²) in [7, 11) is -0.113. The third-order valence-electron chi connectivity index (χ3n) is 3.73. The maximum absolute atomic E-state index is 11.9. The second-order valence-electron chi connectivity index (χ2n) is 6.91. The van der Waals surface area contributed by atoms with Crippen molar-refractivity contribution in [2.45, 2.75) is 33.0 Å². The molecule has 1 heterocycles. The third kappa shape index (κ3) is 9.61. The van der Waals surface area contributed by atoms with Crippen molar-refractivity contribution in [1.29, 1.82) is 0 Å². The molecule has 10 heteroatoms. The molecule has 2 unspecified atom stereocenters. The molecule has 29 heavy (non-hydrogen) atoms. The Morgan fingerprint density at radius 1 is 1.31 bits per heavy atom. The van der Waals surface area contributed by atoms with Gasteiger partial charge >= 0.3 is 11.9 Å². The number of hydrogen-bond donors (Lipinski definition) is 1. The number of carbonyl (C=O) groups is 2. The average Bonchev–Trinajstić information content (AvgIpc) is 2.61. The van der Waals surface area contributed by atoms with Gasteiger partial charge in [0.1, 0.15) is 5.57 Å². The molecule has 1 rings (SSSR count). The number of nitrogens with zero attached hydrogens (tertiary/aromatic N) is 1. The van der Waals surface area contributed by atoms with Crippen molar-refractivity contribution in [3.05, 3.63) is 23.9 Å². The van der Waals surface area contributed by atoms with Crippen molar-refractivity contribution in [1.82, 2.24) is 4.90 Å². The van der Waals surface area contributed by atoms with Crippen LogP contribution in [-0.4, -0.2) is 72.2 Å². The number of ether oxygens (including phenoxy) is 2. The fourth-order valence-corrected chi connectivity index (χ4v) is 6.18. The quantitative estimate of drug-likeness (QED) is 0.155. The van der Waals surface area contributed by atoms with Crippen LogP contribution in [0.1, 0.15) is 27.2 Å². The summed E-state index contributed by atoms with van der Waals surface area (Å²) in [5.41, 5.74) is -0.124. The van der Waals surface area contributed by atoms with Gasteiger partial charge in [0.15, 0.2) is 0 Å². The molecular weight excluding hydrogens is 434 g/mol. The van der Waals surface area contributed by atoms with Crippen LogP contribution in [0.5, 0.6) is 0 Å². The van der Waals surface area contributed by atoms with Crippen LogP contribution in [0.3, 0.4) is 0 Å². The van der Waals surface area contributed by atoms with Crippen LogP contribution in [0.15, 0.2) is 23.9 Å². The maximum atomic E-state index is 11.9. The first-order valence-corrected chi connectivity index (χ1v) is 13.5. The lowest BCUT2D eigenvalue weighted by Crippen LogP contribution is -2.41. The Hall–Kier alpha value is -0.940. The third-order valence-corrected chi connectivity index (χ3v) is 8.18. The second-order valence-corrected chi connectivity index (χ2v) is 11.9. The summed E-state index contributed by atoms with van der Waals surface area (Å²) >= 11 is 4.20. The van der Waals surface area contributed by atoms with Crippen molar-refractivity contribution in [2.75, 3.05) is 43.7 Å². The molecule has 0 aliphatic carbocycles. The number of carbonyl (C=O) groups excluding carboxylic acids is 2. The van der Waals surface area contributed by atoms with Gasteiger partial charge in [0.25, 0.3) is 5.79 Å². The van der Waals surface area contributed by atoms with Crippen molar-refractivity contribution < 1.29 is 26.9 Å². The summed E-state index contributed by atoms with van der Waals surface area (Å²) in [5.74, 6) is 3.70. The van der Waals surface area contributed by atoms with Crippen molar-refractivity contribution >= 4 is 51.8 Å². The van der Waals surface area contributed by atoms with Gasteiger partial charge in [0, 0.05) is 51.0 Å². The van der Waals surface area contributed by atoms with Crippen molar-refractivity contribution in [2.24, 2.45) is 0 Å². The Kier molecular flexibility index (Phi) is 10.8. The first-order valence-electron chi connectivity index (χ1n) is 9.29. The first-order chi connectivity index (χ1) is 13.5. The van der Waals surface area contributed by atoms with E-state index in [1.54, 1.807) is 12.3 Å². The number of thiol groups is 1. The Labute approximate surface area is 184 Å². The number of rotatable bonds is 12. The summed E-state index contributed by atoms with van der Waals surface area (Å²) in [5, 5.41) is 0. The van der Waals surface area contributed by atoms with E-state index in [0.29, 0.717) is 12.4 Å². The molecule has 0 aromatic rings. The second kappa shape index (κ2) is 12.0. The van der Waals surface area contributed by atoms with Crippen LogP contribution >= 0.6 is 34.0 Å². The van der Waals surface area contributed by atoms with Crippen molar-refractivity contribution in [3.63, 3.8) is 0 Å². The molecule has 1 fully saturated rings. The van der Waals surface area contributed by atoms with Gasteiger partial charge in [-0.3, -0.25) is 4.18 Å². The lowest BCUT2D eigenvalue weighted by atomic mass is 10.2. The van der Waals surface area contributed by atoms with Crippen LogP contribution in [0.2, 0.25) is 0 Å². The highest BCUT2D eigenvalue weighted by Gasteiger charge is 2.38. The minimum Gasteiger partial charge on any atom is -0.419 e. The van der Waals surface area contributed by atoms with Gasteiger partial charge in [0.05, 0.1) is 6.61 Å². The van der Waals surface area contributed by atoms with Gasteiger partial charge < -0.3 is 14.4 Å². The van der Waals surface area contributed by atoms with Crippen LogP contribution in [-0.2, 0) is 26.9 Å². The van der Waals surface area contributed by atoms with Gasteiger partial charge in [-0.1, -0.05) is 6.92 Å². The van der Waals surface area contributed by atoms with E-state index in [4.69, 9.17) is 17.3 Å². The molecule has 1 aliphatic rings. The minimum absolute atomic E-state index is 0.124. The van der Waals surface area contributed by atoms with E-state index in [1.807, 2.05) is 25.1 Å². The summed E-state index contributed by atoms with van der Waals surface area (Å²) < 4.78 is 22.1. The zero-order valence-corrected chi connectivity index (χ0v) is 20.4. The molecule has 0 aromatic carbocycles. The molecule has 168 valence electrons. The summed E-state index contributed by atoms with van der Waals surface area (Å²) in [6, 6.07) is 0. The molecule has 1 aliphatic heterocycles. The standard InChI is InChI=1S/C19H33NO6S3/c1-7-28(5)26-29(6,23-13-14-27)15-9-12-20(4)11-8-10-16-17(21)24-19(2,3)25-18(16)22/h8,10-11,27H,5,7,9,12-15H2,1-4,6H3/b11-8+. The molecule has 2 atom stereocenters. The van der Waals surface area contributed by atoms with E-state index in [-0.39, 0.29) is 16.3 Å². The molecule has 0 saturated carbocycles. The predicted molar refractivity (Wildman–Crippen MR) is 125 cm³/mol. The van der Waals surface area contributed by atoms with Crippen LogP contribution in [0, 0.1) is 0 Å². The van der Waals surface area contributed by atoms with E-state index in [2.05, 4.69) is 18.5 Å².